The van der Waals surface area contributed by atoms with Crippen LogP contribution in [0.15, 0.2) is 11.8 Å². The van der Waals surface area contributed by atoms with Crippen molar-refractivity contribution in [1.82, 2.24) is 5.32 Å². The van der Waals surface area contributed by atoms with Crippen molar-refractivity contribution in [2.75, 3.05) is 6.61 Å². The standard InChI is InChI=1S/C12H18N2O3/c1-12(2,3)17-11(15)14-9-4-5-10(6-7-13)16-8-9/h6,9H,4-5,8H2,1-3H3,(H,14,15)/b10-6-/t9-/m0/s1. The lowest BCUT2D eigenvalue weighted by Crippen LogP contribution is -2.42. The molecule has 1 amide bonds. The number of amides is 1. The molecule has 0 spiro atoms. The highest BCUT2D eigenvalue weighted by atomic mass is 16.6. The smallest absolute Gasteiger partial charge is 0.407 e. The van der Waals surface area contributed by atoms with E-state index in [0.717, 1.165) is 6.42 Å². The van der Waals surface area contributed by atoms with Crippen LogP contribution in [0.25, 0.3) is 0 Å². The number of carbonyl (C=O) groups excluding carboxylic acids is 1. The number of carbonyl (C=O) groups is 1. The Hall–Kier alpha value is -1.70. The number of nitrogens with zero attached hydrogens (tertiary/aromatic N) is 1. The second-order valence-corrected chi connectivity index (χ2v) is 4.93. The van der Waals surface area contributed by atoms with Crippen LogP contribution >= 0.6 is 0 Å². The zero-order valence-corrected chi connectivity index (χ0v) is 10.4. The first-order valence-electron chi connectivity index (χ1n) is 5.61. The van der Waals surface area contributed by atoms with Crippen molar-refractivity contribution in [2.45, 2.75) is 45.3 Å². The third kappa shape index (κ3) is 5.25. The summed E-state index contributed by atoms with van der Waals surface area (Å²) in [6.45, 7) is 5.83. The highest BCUT2D eigenvalue weighted by Gasteiger charge is 2.22. The van der Waals surface area contributed by atoms with Crippen LogP contribution in [0.5, 0.6) is 0 Å². The zero-order valence-electron chi connectivity index (χ0n) is 10.4. The Labute approximate surface area is 101 Å². The molecule has 1 saturated heterocycles. The molecule has 0 radical (unpaired) electrons. The molecule has 0 aliphatic carbocycles. The number of nitriles is 1. The Bertz CT molecular complexity index is 340. The number of hydrogen-bond donors (Lipinski definition) is 1. The molecule has 1 rings (SSSR count). The fourth-order valence-electron chi connectivity index (χ4n) is 1.45. The van der Waals surface area contributed by atoms with E-state index in [2.05, 4.69) is 5.32 Å². The third-order valence-corrected chi connectivity index (χ3v) is 2.16. The van der Waals surface area contributed by atoms with Gasteiger partial charge in [-0.3, -0.25) is 0 Å². The minimum Gasteiger partial charge on any atom is -0.495 e. The molecule has 17 heavy (non-hydrogen) atoms. The molecule has 94 valence electrons. The maximum atomic E-state index is 11.5. The van der Waals surface area contributed by atoms with Gasteiger partial charge in [-0.1, -0.05) is 0 Å². The van der Waals surface area contributed by atoms with Gasteiger partial charge < -0.3 is 14.8 Å². The van der Waals surface area contributed by atoms with E-state index in [1.807, 2.05) is 26.8 Å². The van der Waals surface area contributed by atoms with Gasteiger partial charge in [0.1, 0.15) is 18.0 Å². The molecule has 5 heteroatoms. The van der Waals surface area contributed by atoms with Gasteiger partial charge in [-0.25, -0.2) is 4.79 Å². The van der Waals surface area contributed by atoms with Crippen LogP contribution < -0.4 is 5.32 Å². The SMILES string of the molecule is CC(C)(C)OC(=O)N[C@H]1CC/C(=C/C#N)OC1. The summed E-state index contributed by atoms with van der Waals surface area (Å²) in [5.41, 5.74) is -0.495. The van der Waals surface area contributed by atoms with E-state index in [1.165, 1.54) is 6.08 Å². The van der Waals surface area contributed by atoms with Crippen LogP contribution in [0, 0.1) is 11.3 Å². The molecule has 0 saturated carbocycles. The number of alkyl carbamates (subject to hydrolysis) is 1. The second-order valence-electron chi connectivity index (χ2n) is 4.93. The zero-order chi connectivity index (χ0) is 12.9. The van der Waals surface area contributed by atoms with Crippen molar-refractivity contribution in [2.24, 2.45) is 0 Å². The van der Waals surface area contributed by atoms with Crippen molar-refractivity contribution < 1.29 is 14.3 Å². The number of rotatable bonds is 1. The Morgan fingerprint density at radius 2 is 2.35 bits per heavy atom. The molecule has 0 aromatic heterocycles. The Balaban J connectivity index is 2.34. The molecular formula is C12H18N2O3. The lowest BCUT2D eigenvalue weighted by Gasteiger charge is -2.27. The first-order valence-corrected chi connectivity index (χ1v) is 5.61. The fourth-order valence-corrected chi connectivity index (χ4v) is 1.45. The fraction of sp³-hybridized carbons (Fsp3) is 0.667. The molecule has 1 aliphatic heterocycles. The molecular weight excluding hydrogens is 220 g/mol. The molecule has 1 atom stereocenters. The molecule has 0 aromatic rings. The van der Waals surface area contributed by atoms with Crippen LogP contribution in [0.4, 0.5) is 4.79 Å². The largest absolute Gasteiger partial charge is 0.495 e. The lowest BCUT2D eigenvalue weighted by atomic mass is 10.1. The summed E-state index contributed by atoms with van der Waals surface area (Å²) >= 11 is 0. The van der Waals surface area contributed by atoms with E-state index in [0.29, 0.717) is 18.8 Å². The molecule has 1 fully saturated rings. The van der Waals surface area contributed by atoms with E-state index >= 15 is 0 Å². The summed E-state index contributed by atoms with van der Waals surface area (Å²) in [4.78, 5) is 11.5. The quantitative estimate of drug-likeness (QED) is 0.710. The third-order valence-electron chi connectivity index (χ3n) is 2.16. The average molecular weight is 238 g/mol. The van der Waals surface area contributed by atoms with E-state index in [4.69, 9.17) is 14.7 Å². The minimum atomic E-state index is -0.495. The highest BCUT2D eigenvalue weighted by molar-refractivity contribution is 5.68. The van der Waals surface area contributed by atoms with Crippen LogP contribution in [-0.4, -0.2) is 24.3 Å². The van der Waals surface area contributed by atoms with Crippen LogP contribution in [-0.2, 0) is 9.47 Å². The lowest BCUT2D eigenvalue weighted by molar-refractivity contribution is 0.0438. The first-order chi connectivity index (χ1) is 7.90. The molecule has 5 nitrogen and oxygen atoms in total. The average Bonchev–Trinajstić information content (AvgIpc) is 2.18. The van der Waals surface area contributed by atoms with Gasteiger partial charge >= 0.3 is 6.09 Å². The topological polar surface area (TPSA) is 71.3 Å². The van der Waals surface area contributed by atoms with Gasteiger partial charge in [0.25, 0.3) is 0 Å². The van der Waals surface area contributed by atoms with E-state index < -0.39 is 11.7 Å². The predicted octanol–water partition coefficient (Wildman–Crippen LogP) is 2.10. The maximum Gasteiger partial charge on any atom is 0.407 e. The van der Waals surface area contributed by atoms with Crippen molar-refractivity contribution >= 4 is 6.09 Å². The number of nitrogens with one attached hydrogen (secondary N) is 1. The van der Waals surface area contributed by atoms with E-state index in [1.54, 1.807) is 0 Å². The summed E-state index contributed by atoms with van der Waals surface area (Å²) in [5.74, 6) is 0.676. The number of hydrogen-bond acceptors (Lipinski definition) is 4. The van der Waals surface area contributed by atoms with Gasteiger partial charge in [0.05, 0.1) is 18.2 Å². The molecule has 0 unspecified atom stereocenters. The van der Waals surface area contributed by atoms with Crippen molar-refractivity contribution in [1.29, 1.82) is 5.26 Å². The summed E-state index contributed by atoms with van der Waals surface area (Å²) in [6.07, 6.45) is 2.38. The number of ether oxygens (including phenoxy) is 2. The normalized spacial score (nSPS) is 22.5. The van der Waals surface area contributed by atoms with Crippen molar-refractivity contribution in [3.8, 4) is 6.07 Å². The molecule has 1 aliphatic rings. The molecule has 0 aromatic carbocycles. The van der Waals surface area contributed by atoms with Gasteiger partial charge in [0, 0.05) is 6.42 Å². The van der Waals surface area contributed by atoms with Gasteiger partial charge in [0.2, 0.25) is 0 Å². The van der Waals surface area contributed by atoms with Crippen LogP contribution in [0.2, 0.25) is 0 Å². The van der Waals surface area contributed by atoms with Crippen LogP contribution in [0.1, 0.15) is 33.6 Å². The maximum absolute atomic E-state index is 11.5. The predicted molar refractivity (Wildman–Crippen MR) is 62.0 cm³/mol. The van der Waals surface area contributed by atoms with Crippen LogP contribution in [0.3, 0.4) is 0 Å². The van der Waals surface area contributed by atoms with E-state index in [9.17, 15) is 4.79 Å². The summed E-state index contributed by atoms with van der Waals surface area (Å²) in [7, 11) is 0. The molecule has 1 N–H and O–H groups in total. The van der Waals surface area contributed by atoms with Gasteiger partial charge in [-0.05, 0) is 27.2 Å². The van der Waals surface area contributed by atoms with E-state index in [-0.39, 0.29) is 6.04 Å². The molecule has 1 heterocycles. The summed E-state index contributed by atoms with van der Waals surface area (Å²) in [5, 5.41) is 11.2. The van der Waals surface area contributed by atoms with Gasteiger partial charge in [-0.15, -0.1) is 0 Å². The Kier molecular flexibility index (Phi) is 4.38. The molecule has 0 bridgehead atoms. The summed E-state index contributed by atoms with van der Waals surface area (Å²) in [6, 6.07) is 1.87. The van der Waals surface area contributed by atoms with Gasteiger partial charge in [0.15, 0.2) is 0 Å². The minimum absolute atomic E-state index is 0.0549. The number of allylic oxidation sites excluding steroid dienone is 2. The Morgan fingerprint density at radius 1 is 1.65 bits per heavy atom. The van der Waals surface area contributed by atoms with Crippen molar-refractivity contribution in [3.63, 3.8) is 0 Å². The van der Waals surface area contributed by atoms with Crippen molar-refractivity contribution in [3.05, 3.63) is 11.8 Å². The monoisotopic (exact) mass is 238 g/mol. The second kappa shape index (κ2) is 5.58. The Morgan fingerprint density at radius 3 is 2.82 bits per heavy atom. The summed E-state index contributed by atoms with van der Waals surface area (Å²) < 4.78 is 10.5. The first kappa shape index (κ1) is 13.4. The highest BCUT2D eigenvalue weighted by Crippen LogP contribution is 2.17. The van der Waals surface area contributed by atoms with Gasteiger partial charge in [-0.2, -0.15) is 5.26 Å².